The molecule has 1 heterocycles. The summed E-state index contributed by atoms with van der Waals surface area (Å²) >= 11 is 0. The first-order chi connectivity index (χ1) is 7.70. The average molecular weight is 257 g/mol. The lowest BCUT2D eigenvalue weighted by Gasteiger charge is -2.16. The first kappa shape index (κ1) is 13.8. The van der Waals surface area contributed by atoms with Crippen molar-refractivity contribution < 1.29 is 9.53 Å². The van der Waals surface area contributed by atoms with Crippen molar-refractivity contribution >= 4 is 18.3 Å². The van der Waals surface area contributed by atoms with Crippen LogP contribution in [0, 0.1) is 0 Å². The SMILES string of the molecule is COc1cccc(C(=O)N2CCC(N)C2)c1.Cl. The molecule has 17 heavy (non-hydrogen) atoms. The quantitative estimate of drug-likeness (QED) is 0.868. The van der Waals surface area contributed by atoms with Crippen molar-refractivity contribution in [3.05, 3.63) is 29.8 Å². The van der Waals surface area contributed by atoms with Crippen LogP contribution in [0.5, 0.6) is 5.75 Å². The third-order valence-corrected chi connectivity index (χ3v) is 2.83. The van der Waals surface area contributed by atoms with Crippen LogP contribution in [0.15, 0.2) is 24.3 Å². The van der Waals surface area contributed by atoms with Gasteiger partial charge in [-0.1, -0.05) is 6.07 Å². The van der Waals surface area contributed by atoms with Gasteiger partial charge in [-0.3, -0.25) is 4.79 Å². The maximum Gasteiger partial charge on any atom is 0.254 e. The lowest BCUT2D eigenvalue weighted by molar-refractivity contribution is 0.0790. The van der Waals surface area contributed by atoms with E-state index in [1.807, 2.05) is 12.1 Å². The van der Waals surface area contributed by atoms with Crippen molar-refractivity contribution in [3.63, 3.8) is 0 Å². The number of nitrogens with two attached hydrogens (primary N) is 1. The number of nitrogens with zero attached hydrogens (tertiary/aromatic N) is 1. The monoisotopic (exact) mass is 256 g/mol. The van der Waals surface area contributed by atoms with Gasteiger partial charge in [0.1, 0.15) is 5.75 Å². The summed E-state index contributed by atoms with van der Waals surface area (Å²) in [6.07, 6.45) is 0.885. The van der Waals surface area contributed by atoms with E-state index in [-0.39, 0.29) is 24.4 Å². The third-order valence-electron chi connectivity index (χ3n) is 2.83. The second-order valence-electron chi connectivity index (χ2n) is 4.03. The highest BCUT2D eigenvalue weighted by molar-refractivity contribution is 5.94. The normalized spacial score (nSPS) is 18.7. The predicted molar refractivity (Wildman–Crippen MR) is 68.7 cm³/mol. The topological polar surface area (TPSA) is 55.6 Å². The number of hydrogen-bond acceptors (Lipinski definition) is 3. The predicted octanol–water partition coefficient (Wildman–Crippen LogP) is 1.29. The van der Waals surface area contributed by atoms with Gasteiger partial charge in [0.05, 0.1) is 7.11 Å². The van der Waals surface area contributed by atoms with Crippen LogP contribution in [0.25, 0.3) is 0 Å². The molecule has 0 aliphatic carbocycles. The van der Waals surface area contributed by atoms with E-state index in [4.69, 9.17) is 10.5 Å². The van der Waals surface area contributed by atoms with Crippen molar-refractivity contribution in [2.45, 2.75) is 12.5 Å². The Morgan fingerprint density at radius 1 is 1.53 bits per heavy atom. The summed E-state index contributed by atoms with van der Waals surface area (Å²) in [5.41, 5.74) is 6.44. The summed E-state index contributed by atoms with van der Waals surface area (Å²) < 4.78 is 5.09. The van der Waals surface area contributed by atoms with Crippen molar-refractivity contribution in [1.29, 1.82) is 0 Å². The molecule has 4 nitrogen and oxygen atoms in total. The number of halogens is 1. The van der Waals surface area contributed by atoms with E-state index < -0.39 is 0 Å². The first-order valence-electron chi connectivity index (χ1n) is 5.39. The number of rotatable bonds is 2. The van der Waals surface area contributed by atoms with Gasteiger partial charge in [-0.2, -0.15) is 0 Å². The number of ether oxygens (including phenoxy) is 1. The molecule has 94 valence electrons. The standard InChI is InChI=1S/C12H16N2O2.ClH/c1-16-11-4-2-3-9(7-11)12(15)14-6-5-10(13)8-14;/h2-4,7,10H,5-6,8,13H2,1H3;1H. The second kappa shape index (κ2) is 5.89. The molecule has 1 amide bonds. The molecule has 1 unspecified atom stereocenters. The fraction of sp³-hybridized carbons (Fsp3) is 0.417. The molecule has 0 bridgehead atoms. The second-order valence-corrected chi connectivity index (χ2v) is 4.03. The van der Waals surface area contributed by atoms with Crippen LogP contribution in [0.2, 0.25) is 0 Å². The zero-order valence-corrected chi connectivity index (χ0v) is 10.6. The molecule has 1 aromatic carbocycles. The zero-order chi connectivity index (χ0) is 11.5. The van der Waals surface area contributed by atoms with Gasteiger partial charge in [0.25, 0.3) is 5.91 Å². The Labute approximate surface area is 107 Å². The molecule has 5 heteroatoms. The van der Waals surface area contributed by atoms with Gasteiger partial charge >= 0.3 is 0 Å². The molecule has 0 radical (unpaired) electrons. The summed E-state index contributed by atoms with van der Waals surface area (Å²) in [5, 5.41) is 0. The molecule has 2 N–H and O–H groups in total. The minimum Gasteiger partial charge on any atom is -0.497 e. The Bertz CT molecular complexity index is 398. The van der Waals surface area contributed by atoms with Gasteiger partial charge in [0.15, 0.2) is 0 Å². The van der Waals surface area contributed by atoms with Crippen molar-refractivity contribution in [1.82, 2.24) is 4.90 Å². The highest BCUT2D eigenvalue weighted by atomic mass is 35.5. The molecule has 1 fully saturated rings. The van der Waals surface area contributed by atoms with Gasteiger partial charge in [0.2, 0.25) is 0 Å². The zero-order valence-electron chi connectivity index (χ0n) is 9.76. The Morgan fingerprint density at radius 2 is 2.29 bits per heavy atom. The minimum atomic E-state index is 0. The number of benzene rings is 1. The molecule has 0 spiro atoms. The largest absolute Gasteiger partial charge is 0.497 e. The molecule has 2 rings (SSSR count). The van der Waals surface area contributed by atoms with Gasteiger partial charge in [-0.15, -0.1) is 12.4 Å². The summed E-state index contributed by atoms with van der Waals surface area (Å²) in [6.45, 7) is 1.40. The van der Waals surface area contributed by atoms with Crippen molar-refractivity contribution in [3.8, 4) is 5.75 Å². The smallest absolute Gasteiger partial charge is 0.254 e. The molecule has 1 atom stereocenters. The van der Waals surface area contributed by atoms with Crippen molar-refractivity contribution in [2.24, 2.45) is 5.73 Å². The molecule has 1 aromatic rings. The van der Waals surface area contributed by atoms with Crippen LogP contribution in [0.3, 0.4) is 0 Å². The molecule has 1 saturated heterocycles. The molecule has 0 saturated carbocycles. The number of carbonyl (C=O) groups excluding carboxylic acids is 1. The van der Waals surface area contributed by atoms with Gasteiger partial charge in [-0.25, -0.2) is 0 Å². The van der Waals surface area contributed by atoms with Gasteiger partial charge < -0.3 is 15.4 Å². The number of carbonyl (C=O) groups is 1. The van der Waals surface area contributed by atoms with Crippen LogP contribution in [0.1, 0.15) is 16.8 Å². The Hall–Kier alpha value is -1.26. The van der Waals surface area contributed by atoms with E-state index in [2.05, 4.69) is 0 Å². The van der Waals surface area contributed by atoms with Crippen LogP contribution in [-0.2, 0) is 0 Å². The van der Waals surface area contributed by atoms with E-state index in [9.17, 15) is 4.79 Å². The van der Waals surface area contributed by atoms with Gasteiger partial charge in [-0.05, 0) is 24.6 Å². The number of amides is 1. The fourth-order valence-corrected chi connectivity index (χ4v) is 1.91. The molecule has 1 aliphatic heterocycles. The lowest BCUT2D eigenvalue weighted by atomic mass is 10.2. The summed E-state index contributed by atoms with van der Waals surface area (Å²) in [4.78, 5) is 13.9. The number of likely N-dealkylation sites (tertiary alicyclic amines) is 1. The van der Waals surface area contributed by atoms with Crippen LogP contribution >= 0.6 is 12.4 Å². The Kier molecular flexibility index (Phi) is 4.78. The maximum atomic E-state index is 12.1. The van der Waals surface area contributed by atoms with Crippen LogP contribution in [0.4, 0.5) is 0 Å². The first-order valence-corrected chi connectivity index (χ1v) is 5.39. The third kappa shape index (κ3) is 3.11. The highest BCUT2D eigenvalue weighted by Crippen LogP contribution is 2.16. The van der Waals surface area contributed by atoms with E-state index in [1.165, 1.54) is 0 Å². The minimum absolute atomic E-state index is 0. The van der Waals surface area contributed by atoms with Crippen molar-refractivity contribution in [2.75, 3.05) is 20.2 Å². The summed E-state index contributed by atoms with van der Waals surface area (Å²) in [6, 6.07) is 7.32. The summed E-state index contributed by atoms with van der Waals surface area (Å²) in [7, 11) is 1.59. The van der Waals surface area contributed by atoms with E-state index in [0.29, 0.717) is 17.9 Å². The lowest BCUT2D eigenvalue weighted by Crippen LogP contribution is -2.31. The molecular weight excluding hydrogens is 240 g/mol. The molecule has 1 aliphatic rings. The van der Waals surface area contributed by atoms with E-state index in [0.717, 1.165) is 13.0 Å². The number of methoxy groups -OCH3 is 1. The molecule has 0 aromatic heterocycles. The fourth-order valence-electron chi connectivity index (χ4n) is 1.91. The Morgan fingerprint density at radius 3 is 2.88 bits per heavy atom. The summed E-state index contributed by atoms with van der Waals surface area (Å²) in [5.74, 6) is 0.737. The highest BCUT2D eigenvalue weighted by Gasteiger charge is 2.24. The average Bonchev–Trinajstić information content (AvgIpc) is 2.75. The van der Waals surface area contributed by atoms with Crippen LogP contribution in [-0.4, -0.2) is 37.0 Å². The Balaban J connectivity index is 0.00000144. The maximum absolute atomic E-state index is 12.1. The van der Waals surface area contributed by atoms with Crippen LogP contribution < -0.4 is 10.5 Å². The van der Waals surface area contributed by atoms with Gasteiger partial charge in [0, 0.05) is 24.7 Å². The number of hydrogen-bond donors (Lipinski definition) is 1. The van der Waals surface area contributed by atoms with E-state index in [1.54, 1.807) is 24.1 Å². The molecular formula is C12H17ClN2O2. The van der Waals surface area contributed by atoms with E-state index >= 15 is 0 Å².